The molecule has 1 aromatic carbocycles. The summed E-state index contributed by atoms with van der Waals surface area (Å²) >= 11 is 0. The molecule has 0 bridgehead atoms. The maximum Gasteiger partial charge on any atom is 0.104 e. The minimum Gasteiger partial charge on any atom is -0.394 e. The molecule has 2 rings (SSSR count). The first-order valence-electron chi connectivity index (χ1n) is 4.86. The molecule has 0 spiro atoms. The fourth-order valence-corrected chi connectivity index (χ4v) is 1.88. The highest BCUT2D eigenvalue weighted by Crippen LogP contribution is 2.31. The zero-order chi connectivity index (χ0) is 9.97. The van der Waals surface area contributed by atoms with Gasteiger partial charge in [0.25, 0.3) is 0 Å². The van der Waals surface area contributed by atoms with Crippen LogP contribution < -0.4 is 0 Å². The molecule has 1 fully saturated rings. The van der Waals surface area contributed by atoms with Crippen LogP contribution in [0, 0.1) is 0 Å². The molecule has 1 aliphatic rings. The Bertz CT molecular complexity index is 289. The Morgan fingerprint density at radius 1 is 1.43 bits per heavy atom. The average Bonchev–Trinajstić information content (AvgIpc) is 2.61. The van der Waals surface area contributed by atoms with Crippen molar-refractivity contribution in [3.8, 4) is 0 Å². The maximum absolute atomic E-state index is 9.00. The van der Waals surface area contributed by atoms with Gasteiger partial charge in [0.2, 0.25) is 0 Å². The second-order valence-corrected chi connectivity index (χ2v) is 3.62. The summed E-state index contributed by atoms with van der Waals surface area (Å²) in [7, 11) is 1.91. The first kappa shape index (κ1) is 9.65. The minimum atomic E-state index is -0.0507. The van der Waals surface area contributed by atoms with E-state index in [1.54, 1.807) is 0 Å². The fraction of sp³-hybridized carbons (Fsp3) is 0.455. The Morgan fingerprint density at radius 2 is 2.14 bits per heavy atom. The van der Waals surface area contributed by atoms with Gasteiger partial charge >= 0.3 is 0 Å². The van der Waals surface area contributed by atoms with Crippen molar-refractivity contribution in [2.75, 3.05) is 13.7 Å². The number of benzene rings is 1. The molecule has 0 unspecified atom stereocenters. The van der Waals surface area contributed by atoms with Gasteiger partial charge in [-0.25, -0.2) is 0 Å². The van der Waals surface area contributed by atoms with E-state index in [4.69, 9.17) is 9.94 Å². The minimum absolute atomic E-state index is 0.0507. The lowest BCUT2D eigenvalue weighted by Crippen LogP contribution is -2.17. The van der Waals surface area contributed by atoms with Gasteiger partial charge in [0.1, 0.15) is 6.10 Å². The van der Waals surface area contributed by atoms with Crippen LogP contribution in [0.3, 0.4) is 0 Å². The molecule has 3 nitrogen and oxygen atoms in total. The van der Waals surface area contributed by atoms with Crippen LogP contribution in [0.25, 0.3) is 0 Å². The van der Waals surface area contributed by atoms with E-state index in [-0.39, 0.29) is 18.8 Å². The van der Waals surface area contributed by atoms with Gasteiger partial charge in [-0.05, 0) is 12.0 Å². The summed E-state index contributed by atoms with van der Waals surface area (Å²) in [4.78, 5) is 5.46. The van der Waals surface area contributed by atoms with E-state index in [2.05, 4.69) is 12.1 Å². The van der Waals surface area contributed by atoms with Crippen molar-refractivity contribution < 1.29 is 9.94 Å². The van der Waals surface area contributed by atoms with Gasteiger partial charge < -0.3 is 5.11 Å². The molecule has 0 aromatic heterocycles. The first-order valence-corrected chi connectivity index (χ1v) is 4.86. The summed E-state index contributed by atoms with van der Waals surface area (Å²) in [6.45, 7) is 0.0909. The Morgan fingerprint density at radius 3 is 2.71 bits per heavy atom. The molecule has 1 saturated heterocycles. The summed E-state index contributed by atoms with van der Waals surface area (Å²) in [5.74, 6) is 0. The van der Waals surface area contributed by atoms with Crippen LogP contribution in [0.1, 0.15) is 18.0 Å². The van der Waals surface area contributed by atoms with Crippen LogP contribution in [0.4, 0.5) is 0 Å². The van der Waals surface area contributed by atoms with Crippen LogP contribution >= 0.6 is 0 Å². The van der Waals surface area contributed by atoms with Crippen LogP contribution in [-0.4, -0.2) is 29.9 Å². The topological polar surface area (TPSA) is 32.7 Å². The standard InChI is InChI=1S/C11H15NO2/c1-12-11(7-10(8-13)14-12)9-5-3-2-4-6-9/h2-6,10-11,13H,7-8H2,1H3/t10-,11-/m1/s1. The third-order valence-electron chi connectivity index (χ3n) is 2.63. The average molecular weight is 193 g/mol. The first-order chi connectivity index (χ1) is 6.81. The van der Waals surface area contributed by atoms with Crippen molar-refractivity contribution in [2.45, 2.75) is 18.6 Å². The molecule has 1 aliphatic heterocycles. The molecule has 0 saturated carbocycles. The lowest BCUT2D eigenvalue weighted by Gasteiger charge is -2.17. The normalized spacial score (nSPS) is 28.1. The van der Waals surface area contributed by atoms with Crippen molar-refractivity contribution in [3.63, 3.8) is 0 Å². The van der Waals surface area contributed by atoms with Gasteiger partial charge in [-0.2, -0.15) is 5.06 Å². The largest absolute Gasteiger partial charge is 0.394 e. The predicted octanol–water partition coefficient (Wildman–Crippen LogP) is 1.36. The highest BCUT2D eigenvalue weighted by atomic mass is 16.7. The summed E-state index contributed by atoms with van der Waals surface area (Å²) in [5.41, 5.74) is 1.24. The summed E-state index contributed by atoms with van der Waals surface area (Å²) in [6.07, 6.45) is 0.807. The van der Waals surface area contributed by atoms with Crippen LogP contribution in [0.2, 0.25) is 0 Å². The van der Waals surface area contributed by atoms with Gasteiger partial charge in [-0.3, -0.25) is 4.84 Å². The number of aliphatic hydroxyl groups is 1. The lowest BCUT2D eigenvalue weighted by atomic mass is 10.0. The molecule has 3 heteroatoms. The van der Waals surface area contributed by atoms with E-state index >= 15 is 0 Å². The number of aliphatic hydroxyl groups excluding tert-OH is 1. The van der Waals surface area contributed by atoms with Gasteiger partial charge in [-0.1, -0.05) is 30.3 Å². The molecule has 1 N–H and O–H groups in total. The maximum atomic E-state index is 9.00. The van der Waals surface area contributed by atoms with Crippen LogP contribution in [0.15, 0.2) is 30.3 Å². The Kier molecular flexibility index (Phi) is 2.82. The second-order valence-electron chi connectivity index (χ2n) is 3.62. The third-order valence-corrected chi connectivity index (χ3v) is 2.63. The number of hydrogen-bond donors (Lipinski definition) is 1. The molecular formula is C11H15NO2. The second kappa shape index (κ2) is 4.09. The van der Waals surface area contributed by atoms with Crippen molar-refractivity contribution >= 4 is 0 Å². The molecule has 0 radical (unpaired) electrons. The zero-order valence-corrected chi connectivity index (χ0v) is 8.26. The number of nitrogens with zero attached hydrogens (tertiary/aromatic N) is 1. The van der Waals surface area contributed by atoms with E-state index in [0.717, 1.165) is 6.42 Å². The van der Waals surface area contributed by atoms with E-state index in [1.165, 1.54) is 5.56 Å². The Balaban J connectivity index is 2.13. The lowest BCUT2D eigenvalue weighted by molar-refractivity contribution is -0.153. The van der Waals surface area contributed by atoms with Crippen molar-refractivity contribution in [3.05, 3.63) is 35.9 Å². The quantitative estimate of drug-likeness (QED) is 0.769. The van der Waals surface area contributed by atoms with E-state index in [1.807, 2.05) is 30.3 Å². The highest BCUT2D eigenvalue weighted by Gasteiger charge is 2.31. The number of hydrogen-bond acceptors (Lipinski definition) is 3. The summed E-state index contributed by atoms with van der Waals surface area (Å²) < 4.78 is 0. The zero-order valence-electron chi connectivity index (χ0n) is 8.26. The molecule has 14 heavy (non-hydrogen) atoms. The SMILES string of the molecule is CN1O[C@@H](CO)C[C@@H]1c1ccccc1. The number of hydroxylamine groups is 2. The molecular weight excluding hydrogens is 178 g/mol. The van der Waals surface area contributed by atoms with Crippen molar-refractivity contribution in [1.82, 2.24) is 5.06 Å². The van der Waals surface area contributed by atoms with Crippen molar-refractivity contribution in [1.29, 1.82) is 0 Å². The van der Waals surface area contributed by atoms with E-state index in [0.29, 0.717) is 0 Å². The van der Waals surface area contributed by atoms with Gasteiger partial charge in [0.15, 0.2) is 0 Å². The predicted molar refractivity (Wildman–Crippen MR) is 53.5 cm³/mol. The van der Waals surface area contributed by atoms with Crippen LogP contribution in [-0.2, 0) is 4.84 Å². The van der Waals surface area contributed by atoms with Crippen molar-refractivity contribution in [2.24, 2.45) is 0 Å². The molecule has 0 aliphatic carbocycles. The Labute approximate surface area is 83.9 Å². The molecule has 76 valence electrons. The molecule has 1 aromatic rings. The highest BCUT2D eigenvalue weighted by molar-refractivity contribution is 5.19. The Hall–Kier alpha value is -0.900. The van der Waals surface area contributed by atoms with Gasteiger partial charge in [-0.15, -0.1) is 0 Å². The monoisotopic (exact) mass is 193 g/mol. The fourth-order valence-electron chi connectivity index (χ4n) is 1.88. The van der Waals surface area contributed by atoms with Crippen LogP contribution in [0.5, 0.6) is 0 Å². The number of rotatable bonds is 2. The molecule has 1 heterocycles. The third kappa shape index (κ3) is 1.80. The summed E-state index contributed by atoms with van der Waals surface area (Å²) in [6, 6.07) is 10.5. The van der Waals surface area contributed by atoms with E-state index < -0.39 is 0 Å². The van der Waals surface area contributed by atoms with E-state index in [9.17, 15) is 0 Å². The summed E-state index contributed by atoms with van der Waals surface area (Å²) in [5, 5.41) is 10.8. The smallest absolute Gasteiger partial charge is 0.104 e. The molecule has 2 atom stereocenters. The molecule has 0 amide bonds. The van der Waals surface area contributed by atoms with Gasteiger partial charge in [0, 0.05) is 7.05 Å². The van der Waals surface area contributed by atoms with Gasteiger partial charge in [0.05, 0.1) is 12.6 Å².